The molecule has 1 saturated heterocycles. The van der Waals surface area contributed by atoms with E-state index in [1.165, 1.54) is 16.8 Å². The van der Waals surface area contributed by atoms with Crippen LogP contribution in [0.4, 0.5) is 5.69 Å². The lowest BCUT2D eigenvalue weighted by molar-refractivity contribution is 0.364. The Bertz CT molecular complexity index is 446. The van der Waals surface area contributed by atoms with Crippen molar-refractivity contribution in [2.24, 2.45) is 0 Å². The van der Waals surface area contributed by atoms with E-state index in [1.807, 2.05) is 0 Å². The lowest BCUT2D eigenvalue weighted by Gasteiger charge is -2.45. The molecule has 2 radical (unpaired) electrons. The van der Waals surface area contributed by atoms with Crippen molar-refractivity contribution in [3.05, 3.63) is 29.3 Å². The predicted molar refractivity (Wildman–Crippen MR) is 72.9 cm³/mol. The molecule has 0 aromatic heterocycles. The van der Waals surface area contributed by atoms with E-state index in [0.717, 1.165) is 26.1 Å². The number of likely N-dealkylation sites (N-methyl/N-ethyl adjacent to an activating group) is 1. The molecule has 2 aliphatic heterocycles. The van der Waals surface area contributed by atoms with Crippen LogP contribution in [-0.4, -0.2) is 32.9 Å². The number of aryl methyl sites for hydroxylation is 1. The third-order valence-electron chi connectivity index (χ3n) is 4.39. The van der Waals surface area contributed by atoms with Gasteiger partial charge in [0.15, 0.2) is 0 Å². The Kier molecular flexibility index (Phi) is 2.48. The van der Waals surface area contributed by atoms with Crippen molar-refractivity contribution in [3.8, 4) is 0 Å². The summed E-state index contributed by atoms with van der Waals surface area (Å²) in [6.07, 6.45) is 1.03. The summed E-state index contributed by atoms with van der Waals surface area (Å²) in [6.45, 7) is 7.41. The van der Waals surface area contributed by atoms with E-state index in [1.54, 1.807) is 0 Å². The Hall–Kier alpha value is -0.955. The van der Waals surface area contributed by atoms with E-state index in [4.69, 9.17) is 7.85 Å². The average molecular weight is 226 g/mol. The molecular formula is C14H19BN2. The summed E-state index contributed by atoms with van der Waals surface area (Å²) in [6, 6.07) is 6.59. The Labute approximate surface area is 105 Å². The summed E-state index contributed by atoms with van der Waals surface area (Å²) in [7, 11) is 6.72. The van der Waals surface area contributed by atoms with Gasteiger partial charge in [0.25, 0.3) is 0 Å². The molecule has 0 aliphatic carbocycles. The molecule has 88 valence electrons. The minimum absolute atomic E-state index is 0.172. The van der Waals surface area contributed by atoms with Crippen LogP contribution < -0.4 is 10.2 Å². The van der Waals surface area contributed by atoms with Crippen molar-refractivity contribution in [1.82, 2.24) is 5.32 Å². The van der Waals surface area contributed by atoms with Crippen molar-refractivity contribution < 1.29 is 0 Å². The highest BCUT2D eigenvalue weighted by atomic mass is 15.2. The number of piperidine rings is 1. The van der Waals surface area contributed by atoms with E-state index in [2.05, 4.69) is 42.3 Å². The zero-order valence-electron chi connectivity index (χ0n) is 10.7. The van der Waals surface area contributed by atoms with E-state index in [0.29, 0.717) is 5.92 Å². The quantitative estimate of drug-likeness (QED) is 0.734. The van der Waals surface area contributed by atoms with E-state index in [9.17, 15) is 0 Å². The Balaban J connectivity index is 2.17. The SMILES string of the molecule is [B]C12CCNCC1c1cccc(C)c1N2CC. The number of nitrogens with one attached hydrogen (secondary N) is 1. The van der Waals surface area contributed by atoms with Gasteiger partial charge in [0.2, 0.25) is 0 Å². The molecule has 2 heterocycles. The van der Waals surface area contributed by atoms with E-state index in [-0.39, 0.29) is 5.44 Å². The maximum atomic E-state index is 6.72. The molecule has 1 N–H and O–H groups in total. The standard InChI is InChI=1S/C14H19BN2/c1-3-17-13-10(2)5-4-6-11(13)12-9-16-8-7-14(12,17)15/h4-6,12,16H,3,7-9H2,1-2H3. The Morgan fingerprint density at radius 2 is 2.35 bits per heavy atom. The van der Waals surface area contributed by atoms with Crippen molar-refractivity contribution in [3.63, 3.8) is 0 Å². The fourth-order valence-electron chi connectivity index (χ4n) is 3.58. The number of anilines is 1. The third-order valence-corrected chi connectivity index (χ3v) is 4.39. The van der Waals surface area contributed by atoms with Gasteiger partial charge in [0.1, 0.15) is 7.85 Å². The first-order valence-corrected chi connectivity index (χ1v) is 6.55. The summed E-state index contributed by atoms with van der Waals surface area (Å²) >= 11 is 0. The maximum Gasteiger partial charge on any atom is 0.105 e. The van der Waals surface area contributed by atoms with Gasteiger partial charge in [-0.3, -0.25) is 0 Å². The minimum atomic E-state index is -0.172. The number of hydrogen-bond donors (Lipinski definition) is 1. The highest BCUT2D eigenvalue weighted by Crippen LogP contribution is 2.49. The molecule has 2 aliphatic rings. The normalized spacial score (nSPS) is 31.2. The fourth-order valence-corrected chi connectivity index (χ4v) is 3.58. The summed E-state index contributed by atoms with van der Waals surface area (Å²) in [5.74, 6) is 0.436. The zero-order valence-corrected chi connectivity index (χ0v) is 10.7. The van der Waals surface area contributed by atoms with Gasteiger partial charge in [-0.05, 0) is 37.9 Å². The molecule has 2 atom stereocenters. The Morgan fingerprint density at radius 3 is 3.12 bits per heavy atom. The smallest absolute Gasteiger partial charge is 0.105 e. The first-order chi connectivity index (χ1) is 8.18. The molecule has 1 aromatic carbocycles. The first kappa shape index (κ1) is 11.2. The van der Waals surface area contributed by atoms with Crippen molar-refractivity contribution in [2.45, 2.75) is 31.6 Å². The molecule has 2 unspecified atom stereocenters. The van der Waals surface area contributed by atoms with Gasteiger partial charge in [-0.2, -0.15) is 0 Å². The molecular weight excluding hydrogens is 207 g/mol. The average Bonchev–Trinajstić information content (AvgIpc) is 2.59. The van der Waals surface area contributed by atoms with E-state index < -0.39 is 0 Å². The van der Waals surface area contributed by atoms with Gasteiger partial charge in [0, 0.05) is 30.1 Å². The van der Waals surface area contributed by atoms with Gasteiger partial charge in [-0.1, -0.05) is 18.2 Å². The van der Waals surface area contributed by atoms with Crippen molar-refractivity contribution in [2.75, 3.05) is 24.5 Å². The van der Waals surface area contributed by atoms with Crippen LogP contribution in [0.1, 0.15) is 30.4 Å². The number of hydrogen-bond acceptors (Lipinski definition) is 2. The van der Waals surface area contributed by atoms with Crippen LogP contribution in [0.25, 0.3) is 0 Å². The molecule has 3 rings (SSSR count). The number of para-hydroxylation sites is 1. The number of fused-ring (bicyclic) bond motifs is 3. The monoisotopic (exact) mass is 226 g/mol. The number of rotatable bonds is 1. The lowest BCUT2D eigenvalue weighted by atomic mass is 9.64. The minimum Gasteiger partial charge on any atom is -0.374 e. The molecule has 0 spiro atoms. The summed E-state index contributed by atoms with van der Waals surface area (Å²) < 4.78 is 0. The second-order valence-corrected chi connectivity index (χ2v) is 5.25. The zero-order chi connectivity index (χ0) is 12.0. The molecule has 0 amide bonds. The topological polar surface area (TPSA) is 15.3 Å². The Morgan fingerprint density at radius 1 is 1.53 bits per heavy atom. The first-order valence-electron chi connectivity index (χ1n) is 6.55. The molecule has 0 bridgehead atoms. The van der Waals surface area contributed by atoms with Gasteiger partial charge in [0.05, 0.1) is 0 Å². The van der Waals surface area contributed by atoms with Gasteiger partial charge in [-0.25, -0.2) is 0 Å². The van der Waals surface area contributed by atoms with Crippen LogP contribution in [0.3, 0.4) is 0 Å². The van der Waals surface area contributed by atoms with Gasteiger partial charge < -0.3 is 10.2 Å². The summed E-state index contributed by atoms with van der Waals surface area (Å²) in [5, 5.41) is 3.48. The van der Waals surface area contributed by atoms with E-state index >= 15 is 0 Å². The maximum absolute atomic E-state index is 6.72. The van der Waals surface area contributed by atoms with Crippen molar-refractivity contribution >= 4 is 13.5 Å². The number of nitrogens with zero attached hydrogens (tertiary/aromatic N) is 1. The second kappa shape index (κ2) is 3.77. The summed E-state index contributed by atoms with van der Waals surface area (Å²) in [4.78, 5) is 2.42. The van der Waals surface area contributed by atoms with Gasteiger partial charge in [-0.15, -0.1) is 0 Å². The molecule has 3 heteroatoms. The van der Waals surface area contributed by atoms with Crippen LogP contribution in [0.2, 0.25) is 0 Å². The van der Waals surface area contributed by atoms with Gasteiger partial charge >= 0.3 is 0 Å². The third kappa shape index (κ3) is 1.38. The molecule has 0 saturated carbocycles. The number of benzene rings is 1. The van der Waals surface area contributed by atoms with Crippen molar-refractivity contribution in [1.29, 1.82) is 0 Å². The highest BCUT2D eigenvalue weighted by Gasteiger charge is 2.48. The molecule has 1 fully saturated rings. The van der Waals surface area contributed by atoms with Crippen LogP contribution in [0.15, 0.2) is 18.2 Å². The lowest BCUT2D eigenvalue weighted by Crippen LogP contribution is -2.56. The van der Waals surface area contributed by atoms with Crippen LogP contribution in [-0.2, 0) is 0 Å². The molecule has 17 heavy (non-hydrogen) atoms. The predicted octanol–water partition coefficient (Wildman–Crippen LogP) is 1.78. The molecule has 2 nitrogen and oxygen atoms in total. The highest BCUT2D eigenvalue weighted by molar-refractivity contribution is 6.19. The largest absolute Gasteiger partial charge is 0.374 e. The van der Waals surface area contributed by atoms with Crippen LogP contribution >= 0.6 is 0 Å². The summed E-state index contributed by atoms with van der Waals surface area (Å²) in [5.41, 5.74) is 3.99. The molecule has 1 aromatic rings. The second-order valence-electron chi connectivity index (χ2n) is 5.25. The van der Waals surface area contributed by atoms with Crippen LogP contribution in [0, 0.1) is 6.92 Å². The van der Waals surface area contributed by atoms with Crippen LogP contribution in [0.5, 0.6) is 0 Å². The fraction of sp³-hybridized carbons (Fsp3) is 0.571.